The third kappa shape index (κ3) is 3.83. The van der Waals surface area contributed by atoms with Crippen molar-refractivity contribution >= 4 is 40.3 Å². The van der Waals surface area contributed by atoms with E-state index >= 15 is 0 Å². The Labute approximate surface area is 144 Å². The molecule has 7 heteroatoms. The Balaban J connectivity index is 2.26. The Kier molecular flexibility index (Phi) is 5.63. The van der Waals surface area contributed by atoms with E-state index in [1.165, 1.54) is 25.2 Å². The minimum absolute atomic E-state index is 0.301. The van der Waals surface area contributed by atoms with Gasteiger partial charge in [-0.2, -0.15) is 0 Å². The van der Waals surface area contributed by atoms with Crippen molar-refractivity contribution in [3.05, 3.63) is 47.2 Å². The van der Waals surface area contributed by atoms with E-state index in [4.69, 9.17) is 33.3 Å². The highest BCUT2D eigenvalue weighted by Gasteiger charge is 2.15. The highest BCUT2D eigenvalue weighted by atomic mass is 35.5. The van der Waals surface area contributed by atoms with E-state index in [0.717, 1.165) is 0 Å². The number of para-hydroxylation sites is 1. The number of halogens is 2. The molecule has 0 aliphatic carbocycles. The van der Waals surface area contributed by atoms with Crippen molar-refractivity contribution in [3.8, 4) is 11.5 Å². The number of nitrogens with zero attached hydrogens (tertiary/aromatic N) is 1. The Morgan fingerprint density at radius 2 is 1.83 bits per heavy atom. The van der Waals surface area contributed by atoms with Gasteiger partial charge in [-0.25, -0.2) is 4.39 Å². The maximum atomic E-state index is 13.9. The lowest BCUT2D eigenvalue weighted by Gasteiger charge is -2.22. The van der Waals surface area contributed by atoms with Crippen molar-refractivity contribution in [2.45, 2.75) is 0 Å². The summed E-state index contributed by atoms with van der Waals surface area (Å²) in [5.41, 5.74) is 0.926. The molecule has 2 aromatic carbocycles. The van der Waals surface area contributed by atoms with Crippen LogP contribution in [0.3, 0.4) is 0 Å². The molecule has 0 bridgehead atoms. The second-order valence-electron chi connectivity index (χ2n) is 4.63. The van der Waals surface area contributed by atoms with Crippen molar-refractivity contribution in [2.75, 3.05) is 31.5 Å². The van der Waals surface area contributed by atoms with E-state index in [9.17, 15) is 4.39 Å². The lowest BCUT2D eigenvalue weighted by atomic mass is 10.2. The van der Waals surface area contributed by atoms with Crippen LogP contribution < -0.4 is 19.7 Å². The molecule has 0 unspecified atom stereocenters. The van der Waals surface area contributed by atoms with E-state index in [1.54, 1.807) is 37.4 Å². The molecular formula is C16H16ClFN2O2S. The van der Waals surface area contributed by atoms with Crippen LogP contribution in [-0.2, 0) is 0 Å². The van der Waals surface area contributed by atoms with Crippen molar-refractivity contribution in [2.24, 2.45) is 0 Å². The smallest absolute Gasteiger partial charge is 0.177 e. The van der Waals surface area contributed by atoms with Gasteiger partial charge in [0.05, 0.1) is 30.6 Å². The van der Waals surface area contributed by atoms with E-state index in [1.807, 2.05) is 0 Å². The highest BCUT2D eigenvalue weighted by molar-refractivity contribution is 7.80. The normalized spacial score (nSPS) is 10.1. The largest absolute Gasteiger partial charge is 0.495 e. The van der Waals surface area contributed by atoms with Gasteiger partial charge in [0.2, 0.25) is 0 Å². The van der Waals surface area contributed by atoms with E-state index < -0.39 is 0 Å². The van der Waals surface area contributed by atoms with Crippen molar-refractivity contribution in [1.29, 1.82) is 0 Å². The van der Waals surface area contributed by atoms with Crippen LogP contribution in [0.15, 0.2) is 36.4 Å². The number of ether oxygens (including phenoxy) is 2. The molecule has 23 heavy (non-hydrogen) atoms. The molecule has 0 aliphatic rings. The van der Waals surface area contributed by atoms with Gasteiger partial charge in [0.25, 0.3) is 0 Å². The minimum atomic E-state index is -0.362. The van der Waals surface area contributed by atoms with Gasteiger partial charge < -0.3 is 19.7 Å². The van der Waals surface area contributed by atoms with E-state index in [-0.39, 0.29) is 5.82 Å². The molecule has 0 aromatic heterocycles. The third-order valence-electron chi connectivity index (χ3n) is 3.23. The molecule has 0 heterocycles. The van der Waals surface area contributed by atoms with Crippen LogP contribution in [-0.4, -0.2) is 26.4 Å². The molecule has 0 radical (unpaired) electrons. The lowest BCUT2D eigenvalue weighted by molar-refractivity contribution is 0.396. The zero-order valence-electron chi connectivity index (χ0n) is 12.9. The first-order chi connectivity index (χ1) is 11.0. The average molecular weight is 355 g/mol. The quantitative estimate of drug-likeness (QED) is 0.826. The predicted octanol–water partition coefficient (Wildman–Crippen LogP) is 4.33. The second-order valence-corrected chi connectivity index (χ2v) is 5.42. The van der Waals surface area contributed by atoms with Crippen LogP contribution in [0.5, 0.6) is 11.5 Å². The number of methoxy groups -OCH3 is 2. The standard InChI is InChI=1S/C16H16ClFN2O2S/c1-20(13-7-5-4-6-11(13)18)16(23)19-12-8-10(17)14(21-2)9-15(12)22-3/h4-9H,1-3H3,(H,19,23). The van der Waals surface area contributed by atoms with Gasteiger partial charge in [-0.1, -0.05) is 23.7 Å². The number of anilines is 2. The Morgan fingerprint density at radius 1 is 1.17 bits per heavy atom. The zero-order valence-corrected chi connectivity index (χ0v) is 14.5. The van der Waals surface area contributed by atoms with Gasteiger partial charge in [0, 0.05) is 13.1 Å². The Morgan fingerprint density at radius 3 is 2.43 bits per heavy atom. The number of nitrogens with one attached hydrogen (secondary N) is 1. The average Bonchev–Trinajstić information content (AvgIpc) is 2.55. The number of hydrogen-bond donors (Lipinski definition) is 1. The van der Waals surface area contributed by atoms with Crippen LogP contribution in [0.1, 0.15) is 0 Å². The Hall–Kier alpha value is -2.05. The molecule has 0 atom stereocenters. The fraction of sp³-hybridized carbons (Fsp3) is 0.188. The summed E-state index contributed by atoms with van der Waals surface area (Å²) in [6, 6.07) is 9.66. The first kappa shape index (κ1) is 17.3. The van der Waals surface area contributed by atoms with Crippen LogP contribution in [0.2, 0.25) is 5.02 Å². The van der Waals surface area contributed by atoms with Crippen molar-refractivity contribution in [1.82, 2.24) is 0 Å². The van der Waals surface area contributed by atoms with Gasteiger partial charge in [0.15, 0.2) is 5.11 Å². The molecule has 0 aliphatic heterocycles. The zero-order chi connectivity index (χ0) is 17.0. The number of rotatable bonds is 4. The summed E-state index contributed by atoms with van der Waals surface area (Å²) in [5.74, 6) is 0.636. The van der Waals surface area contributed by atoms with Gasteiger partial charge in [0.1, 0.15) is 17.3 Å². The first-order valence-electron chi connectivity index (χ1n) is 6.68. The van der Waals surface area contributed by atoms with Gasteiger partial charge >= 0.3 is 0 Å². The first-order valence-corrected chi connectivity index (χ1v) is 7.47. The van der Waals surface area contributed by atoms with Gasteiger partial charge in [-0.05, 0) is 30.4 Å². The molecular weight excluding hydrogens is 339 g/mol. The summed E-state index contributed by atoms with van der Waals surface area (Å²) < 4.78 is 24.3. The van der Waals surface area contributed by atoms with Gasteiger partial charge in [-0.3, -0.25) is 0 Å². The van der Waals surface area contributed by atoms with Gasteiger partial charge in [-0.15, -0.1) is 0 Å². The SMILES string of the molecule is COc1cc(OC)c(NC(=S)N(C)c2ccccc2F)cc1Cl. The van der Waals surface area contributed by atoms with Crippen LogP contribution in [0.25, 0.3) is 0 Å². The monoisotopic (exact) mass is 354 g/mol. The fourth-order valence-electron chi connectivity index (χ4n) is 1.99. The predicted molar refractivity (Wildman–Crippen MR) is 95.6 cm³/mol. The molecule has 0 spiro atoms. The summed E-state index contributed by atoms with van der Waals surface area (Å²) in [5, 5.41) is 3.71. The molecule has 2 rings (SSSR count). The molecule has 0 saturated carbocycles. The van der Waals surface area contributed by atoms with Crippen LogP contribution >= 0.6 is 23.8 Å². The topological polar surface area (TPSA) is 33.7 Å². The summed E-state index contributed by atoms with van der Waals surface area (Å²) in [7, 11) is 4.72. The number of thiocarbonyl (C=S) groups is 1. The molecule has 0 saturated heterocycles. The van der Waals surface area contributed by atoms with E-state index in [0.29, 0.717) is 33.0 Å². The maximum absolute atomic E-state index is 13.9. The lowest BCUT2D eigenvalue weighted by Crippen LogP contribution is -2.31. The molecule has 0 fully saturated rings. The number of hydrogen-bond acceptors (Lipinski definition) is 3. The summed E-state index contributed by atoms with van der Waals surface area (Å²) >= 11 is 11.5. The third-order valence-corrected chi connectivity index (χ3v) is 3.91. The van der Waals surface area contributed by atoms with E-state index in [2.05, 4.69) is 5.32 Å². The molecule has 0 amide bonds. The second kappa shape index (κ2) is 7.48. The van der Waals surface area contributed by atoms with Crippen LogP contribution in [0.4, 0.5) is 15.8 Å². The Bertz CT molecular complexity index is 727. The number of benzene rings is 2. The summed E-state index contributed by atoms with van der Waals surface area (Å²) in [6.07, 6.45) is 0. The molecule has 122 valence electrons. The summed E-state index contributed by atoms with van der Waals surface area (Å²) in [4.78, 5) is 1.53. The fourth-order valence-corrected chi connectivity index (χ4v) is 2.44. The maximum Gasteiger partial charge on any atom is 0.177 e. The van der Waals surface area contributed by atoms with Crippen LogP contribution in [0, 0.1) is 5.82 Å². The molecule has 1 N–H and O–H groups in total. The molecule has 2 aromatic rings. The minimum Gasteiger partial charge on any atom is -0.495 e. The molecule has 4 nitrogen and oxygen atoms in total. The van der Waals surface area contributed by atoms with Crippen molar-refractivity contribution in [3.63, 3.8) is 0 Å². The summed E-state index contributed by atoms with van der Waals surface area (Å²) in [6.45, 7) is 0. The highest BCUT2D eigenvalue weighted by Crippen LogP contribution is 2.36. The van der Waals surface area contributed by atoms with Crippen molar-refractivity contribution < 1.29 is 13.9 Å².